The summed E-state index contributed by atoms with van der Waals surface area (Å²) in [6.45, 7) is 16.6. The molecule has 43 heavy (non-hydrogen) atoms. The molecule has 6 heteroatoms. The topological polar surface area (TPSA) is 96.2 Å². The smallest absolute Gasteiger partial charge is 0.167 e. The Bertz CT molecular complexity index is 1260. The highest BCUT2D eigenvalue weighted by atomic mass is 16.5. The van der Waals surface area contributed by atoms with Gasteiger partial charge in [-0.05, 0) is 71.4 Å². The third kappa shape index (κ3) is 11.3. The highest BCUT2D eigenvalue weighted by Gasteiger charge is 2.25. The van der Waals surface area contributed by atoms with Gasteiger partial charge < -0.3 is 24.8 Å². The summed E-state index contributed by atoms with van der Waals surface area (Å²) in [6, 6.07) is 8.91. The first-order chi connectivity index (χ1) is 20.2. The normalized spacial score (nSPS) is 14.8. The van der Waals surface area contributed by atoms with E-state index in [1.54, 1.807) is 13.2 Å². The van der Waals surface area contributed by atoms with Crippen molar-refractivity contribution in [1.82, 2.24) is 0 Å². The van der Waals surface area contributed by atoms with Crippen LogP contribution in [0.1, 0.15) is 100 Å². The molecule has 238 valence electrons. The van der Waals surface area contributed by atoms with Crippen LogP contribution in [0.2, 0.25) is 0 Å². The Morgan fingerprint density at radius 2 is 1.70 bits per heavy atom. The Labute approximate surface area is 259 Å². The van der Waals surface area contributed by atoms with E-state index >= 15 is 0 Å². The van der Waals surface area contributed by atoms with E-state index in [9.17, 15) is 20.1 Å². The summed E-state index contributed by atoms with van der Waals surface area (Å²) in [7, 11) is 1.59. The highest BCUT2D eigenvalue weighted by molar-refractivity contribution is 5.99. The summed E-state index contributed by atoms with van der Waals surface area (Å²) in [4.78, 5) is 13.2. The van der Waals surface area contributed by atoms with Crippen molar-refractivity contribution < 1.29 is 29.6 Å². The number of phenolic OH excluding ortho intramolecular Hbond substituents is 2. The van der Waals surface area contributed by atoms with Gasteiger partial charge in [-0.3, -0.25) is 4.79 Å². The van der Waals surface area contributed by atoms with Crippen molar-refractivity contribution in [3.63, 3.8) is 0 Å². The number of ether oxygens (including phenoxy) is 2. The molecule has 2 aromatic rings. The second kappa shape index (κ2) is 17.4. The number of hydrogen-bond donors (Lipinski definition) is 3. The molecule has 0 saturated carbocycles. The molecule has 0 heterocycles. The maximum atomic E-state index is 13.2. The molecule has 0 aliphatic rings. The molecular weight excluding hydrogens is 540 g/mol. The van der Waals surface area contributed by atoms with Crippen molar-refractivity contribution in [3.8, 4) is 11.5 Å². The van der Waals surface area contributed by atoms with Crippen LogP contribution >= 0.6 is 0 Å². The minimum absolute atomic E-state index is 0.00484. The molecule has 0 radical (unpaired) electrons. The molecule has 1 unspecified atom stereocenters. The van der Waals surface area contributed by atoms with Gasteiger partial charge in [0, 0.05) is 41.7 Å². The van der Waals surface area contributed by atoms with E-state index in [-0.39, 0.29) is 35.7 Å². The minimum Gasteiger partial charge on any atom is -0.508 e. The summed E-state index contributed by atoms with van der Waals surface area (Å²) in [5, 5.41) is 33.8. The number of aliphatic hydroxyl groups excluding tert-OH is 1. The Morgan fingerprint density at radius 3 is 2.30 bits per heavy atom. The van der Waals surface area contributed by atoms with Gasteiger partial charge in [-0.15, -0.1) is 0 Å². The molecule has 3 atom stereocenters. The minimum atomic E-state index is -0.757. The number of aryl methyl sites for hydroxylation is 1. The lowest BCUT2D eigenvalue weighted by Gasteiger charge is -2.26. The van der Waals surface area contributed by atoms with Crippen LogP contribution in [0.25, 0.3) is 6.08 Å². The first-order valence-corrected chi connectivity index (χ1v) is 15.6. The third-order valence-corrected chi connectivity index (χ3v) is 7.84. The monoisotopic (exact) mass is 594 g/mol. The van der Waals surface area contributed by atoms with Crippen LogP contribution < -0.4 is 0 Å². The number of methoxy groups -OCH3 is 1. The average molecular weight is 595 g/mol. The molecule has 0 spiro atoms. The van der Waals surface area contributed by atoms with Gasteiger partial charge in [0.2, 0.25) is 0 Å². The summed E-state index contributed by atoms with van der Waals surface area (Å²) in [5.74, 6) is 0.321. The molecule has 2 aromatic carbocycles. The lowest BCUT2D eigenvalue weighted by molar-refractivity contribution is -0.0280. The van der Waals surface area contributed by atoms with E-state index in [0.29, 0.717) is 47.6 Å². The van der Waals surface area contributed by atoms with Gasteiger partial charge in [0.05, 0.1) is 24.9 Å². The molecule has 3 N–H and O–H groups in total. The Hall–Kier alpha value is -2.93. The number of carbonyl (C=O) groups is 1. The van der Waals surface area contributed by atoms with Crippen LogP contribution in [0, 0.1) is 18.8 Å². The second-order valence-corrected chi connectivity index (χ2v) is 12.7. The standard InChI is InChI=1S/C37H54O6/c1-23(2)13-12-16-31-32(37(41)29(21-34(31)39)20-33(38)30-15-11-10-14-27(30)7)18-25(5)19-35(42-9)36(40)28(8)17-26(6)22-43-24(3)4/h10-11,14-15,17-18,21,23-24,28,35-36,39-41H,12-13,16,19-20,22H2,1-9H3/t28?,35-,36+/m0/s1. The lowest BCUT2D eigenvalue weighted by atomic mass is 9.89. The largest absolute Gasteiger partial charge is 0.508 e. The van der Waals surface area contributed by atoms with Crippen LogP contribution in [0.3, 0.4) is 0 Å². The molecule has 0 aliphatic heterocycles. The summed E-state index contributed by atoms with van der Waals surface area (Å²) < 4.78 is 11.4. The number of benzene rings is 2. The van der Waals surface area contributed by atoms with Crippen LogP contribution in [-0.4, -0.2) is 53.1 Å². The summed E-state index contributed by atoms with van der Waals surface area (Å²) in [5.41, 5.74) is 4.97. The Kier molecular flexibility index (Phi) is 14.7. The number of aromatic hydroxyl groups is 2. The van der Waals surface area contributed by atoms with E-state index in [4.69, 9.17) is 9.47 Å². The Morgan fingerprint density at radius 1 is 1.02 bits per heavy atom. The fourth-order valence-corrected chi connectivity index (χ4v) is 5.37. The third-order valence-electron chi connectivity index (χ3n) is 7.84. The van der Waals surface area contributed by atoms with Gasteiger partial charge in [0.15, 0.2) is 5.78 Å². The maximum absolute atomic E-state index is 13.2. The predicted molar refractivity (Wildman–Crippen MR) is 176 cm³/mol. The zero-order valence-electron chi connectivity index (χ0n) is 27.7. The van der Waals surface area contributed by atoms with Crippen LogP contribution in [0.5, 0.6) is 11.5 Å². The molecular formula is C37H54O6. The number of ketones is 1. The fourth-order valence-electron chi connectivity index (χ4n) is 5.37. The maximum Gasteiger partial charge on any atom is 0.167 e. The van der Waals surface area contributed by atoms with Gasteiger partial charge in [-0.1, -0.05) is 74.8 Å². The molecule has 0 aliphatic carbocycles. The molecule has 0 amide bonds. The molecule has 0 fully saturated rings. The predicted octanol–water partition coefficient (Wildman–Crippen LogP) is 7.99. The second-order valence-electron chi connectivity index (χ2n) is 12.7. The molecule has 0 bridgehead atoms. The van der Waals surface area contributed by atoms with Gasteiger partial charge in [0.25, 0.3) is 0 Å². The first kappa shape index (κ1) is 36.3. The van der Waals surface area contributed by atoms with E-state index in [2.05, 4.69) is 13.8 Å². The van der Waals surface area contributed by atoms with Gasteiger partial charge in [0.1, 0.15) is 11.5 Å². The number of Topliss-reactive ketones (excluding diaryl/α,β-unsaturated/α-hetero) is 1. The van der Waals surface area contributed by atoms with Crippen molar-refractivity contribution in [1.29, 1.82) is 0 Å². The van der Waals surface area contributed by atoms with Crippen LogP contribution in [0.15, 0.2) is 47.6 Å². The van der Waals surface area contributed by atoms with Crippen molar-refractivity contribution in [2.75, 3.05) is 13.7 Å². The Balaban J connectivity index is 2.40. The first-order valence-electron chi connectivity index (χ1n) is 15.6. The van der Waals surface area contributed by atoms with E-state index < -0.39 is 12.2 Å². The molecule has 0 saturated heterocycles. The number of phenols is 2. The van der Waals surface area contributed by atoms with E-state index in [1.165, 1.54) is 6.07 Å². The number of carbonyl (C=O) groups excluding carboxylic acids is 1. The molecule has 6 nitrogen and oxygen atoms in total. The van der Waals surface area contributed by atoms with Crippen LogP contribution in [-0.2, 0) is 22.3 Å². The zero-order chi connectivity index (χ0) is 32.3. The van der Waals surface area contributed by atoms with Crippen molar-refractivity contribution in [3.05, 3.63) is 75.4 Å². The van der Waals surface area contributed by atoms with Gasteiger partial charge >= 0.3 is 0 Å². The summed E-state index contributed by atoms with van der Waals surface area (Å²) in [6.07, 6.45) is 5.61. The SMILES string of the molecule is CO[C@@H](CC(C)=Cc1c(O)c(CC(=O)c2ccccc2C)cc(O)c1CCCC(C)C)[C@H](O)C(C)C=C(C)COC(C)C. The van der Waals surface area contributed by atoms with Crippen molar-refractivity contribution in [2.45, 2.75) is 106 Å². The lowest BCUT2D eigenvalue weighted by Crippen LogP contribution is -2.33. The van der Waals surface area contributed by atoms with E-state index in [1.807, 2.05) is 71.9 Å². The number of hydrogen-bond acceptors (Lipinski definition) is 6. The fraction of sp³-hybridized carbons (Fsp3) is 0.541. The van der Waals surface area contributed by atoms with Crippen molar-refractivity contribution >= 4 is 11.9 Å². The molecule has 0 aromatic heterocycles. The zero-order valence-corrected chi connectivity index (χ0v) is 27.7. The highest BCUT2D eigenvalue weighted by Crippen LogP contribution is 2.37. The van der Waals surface area contributed by atoms with Crippen LogP contribution in [0.4, 0.5) is 0 Å². The number of rotatable bonds is 17. The van der Waals surface area contributed by atoms with E-state index in [0.717, 1.165) is 29.6 Å². The van der Waals surface area contributed by atoms with Gasteiger partial charge in [-0.25, -0.2) is 0 Å². The average Bonchev–Trinajstić information content (AvgIpc) is 2.94. The van der Waals surface area contributed by atoms with Crippen molar-refractivity contribution in [2.24, 2.45) is 11.8 Å². The molecule has 2 rings (SSSR count). The summed E-state index contributed by atoms with van der Waals surface area (Å²) >= 11 is 0. The van der Waals surface area contributed by atoms with Gasteiger partial charge in [-0.2, -0.15) is 0 Å². The quantitative estimate of drug-likeness (QED) is 0.0976. The number of aliphatic hydroxyl groups is 1.